The fourth-order valence-corrected chi connectivity index (χ4v) is 4.32. The van der Waals surface area contributed by atoms with Gasteiger partial charge < -0.3 is 9.69 Å². The van der Waals surface area contributed by atoms with E-state index in [1.165, 1.54) is 17.4 Å². The number of carbonyl (C=O) groups excluding carboxylic acids is 1. The number of piperazine rings is 1. The van der Waals surface area contributed by atoms with Crippen molar-refractivity contribution in [2.75, 3.05) is 37.6 Å². The van der Waals surface area contributed by atoms with Crippen molar-refractivity contribution in [2.45, 2.75) is 33.9 Å². The molecule has 7 heteroatoms. The van der Waals surface area contributed by atoms with Crippen LogP contribution in [0.2, 0.25) is 0 Å². The fraction of sp³-hybridized carbons (Fsp3) is 0.571. The second-order valence-corrected chi connectivity index (χ2v) is 8.00. The van der Waals surface area contributed by atoms with Crippen molar-refractivity contribution in [3.8, 4) is 0 Å². The number of fused-ring (bicyclic) bond motifs is 1. The first-order valence-electron chi connectivity index (χ1n) is 9.80. The summed E-state index contributed by atoms with van der Waals surface area (Å²) in [6.45, 7) is 12.4. The lowest BCUT2D eigenvalue weighted by Crippen LogP contribution is -2.48. The molecule has 1 aromatic heterocycles. The molecule has 156 valence electrons. The number of nitrogens with zero attached hydrogens (tertiary/aromatic N) is 2. The Kier molecular flexibility index (Phi) is 7.89. The highest BCUT2D eigenvalue weighted by Gasteiger charge is 2.31. The first-order chi connectivity index (χ1) is 13.3. The summed E-state index contributed by atoms with van der Waals surface area (Å²) >= 11 is 1.36. The van der Waals surface area contributed by atoms with E-state index < -0.39 is 11.7 Å². The van der Waals surface area contributed by atoms with Crippen molar-refractivity contribution < 1.29 is 18.0 Å². The lowest BCUT2D eigenvalue weighted by Gasteiger charge is -2.37. The maximum atomic E-state index is 12.9. The number of anilines is 1. The number of aldehydes is 1. The van der Waals surface area contributed by atoms with E-state index in [0.717, 1.165) is 56.1 Å². The van der Waals surface area contributed by atoms with E-state index >= 15 is 0 Å². The molecule has 0 bridgehead atoms. The molecule has 28 heavy (non-hydrogen) atoms. The van der Waals surface area contributed by atoms with E-state index in [9.17, 15) is 18.0 Å². The molecular formula is C21H29F3N2OS. The summed E-state index contributed by atoms with van der Waals surface area (Å²) in [4.78, 5) is 15.5. The first kappa shape index (κ1) is 22.7. The van der Waals surface area contributed by atoms with Crippen molar-refractivity contribution in [2.24, 2.45) is 11.8 Å². The molecule has 0 amide bonds. The van der Waals surface area contributed by atoms with Gasteiger partial charge in [-0.3, -0.25) is 4.90 Å². The van der Waals surface area contributed by atoms with Crippen LogP contribution in [0.25, 0.3) is 10.1 Å². The van der Waals surface area contributed by atoms with Gasteiger partial charge in [0.2, 0.25) is 0 Å². The van der Waals surface area contributed by atoms with E-state index in [-0.39, 0.29) is 5.92 Å². The minimum atomic E-state index is -4.31. The summed E-state index contributed by atoms with van der Waals surface area (Å²) < 4.78 is 39.3. The predicted octanol–water partition coefficient (Wildman–Crippen LogP) is 5.54. The minimum absolute atomic E-state index is 0.0525. The Hall–Kier alpha value is -1.60. The van der Waals surface area contributed by atoms with Gasteiger partial charge >= 0.3 is 6.18 Å². The summed E-state index contributed by atoms with van der Waals surface area (Å²) in [6.07, 6.45) is -3.30. The van der Waals surface area contributed by atoms with Gasteiger partial charge in [0.25, 0.3) is 0 Å². The fourth-order valence-electron chi connectivity index (χ4n) is 3.31. The van der Waals surface area contributed by atoms with Crippen LogP contribution < -0.4 is 4.90 Å². The van der Waals surface area contributed by atoms with Gasteiger partial charge in [-0.15, -0.1) is 11.3 Å². The van der Waals surface area contributed by atoms with E-state index in [0.29, 0.717) is 10.6 Å². The molecule has 2 atom stereocenters. The minimum Gasteiger partial charge on any atom is -0.368 e. The number of benzene rings is 1. The van der Waals surface area contributed by atoms with Gasteiger partial charge in [0.1, 0.15) is 6.29 Å². The number of hydrogen-bond acceptors (Lipinski definition) is 4. The van der Waals surface area contributed by atoms with Crippen LogP contribution >= 0.6 is 11.3 Å². The van der Waals surface area contributed by atoms with Crippen LogP contribution in [0.4, 0.5) is 18.9 Å². The molecule has 0 aliphatic carbocycles. The highest BCUT2D eigenvalue weighted by atomic mass is 32.1. The topological polar surface area (TPSA) is 23.6 Å². The van der Waals surface area contributed by atoms with E-state index in [1.54, 1.807) is 6.07 Å². The average molecular weight is 415 g/mol. The SMILES string of the molecule is CC.CC(C=O)[C@@H](C)CN1CCN(c2csc3cc(C(F)(F)F)ccc23)CC1. The number of halogens is 3. The summed E-state index contributed by atoms with van der Waals surface area (Å²) in [7, 11) is 0. The van der Waals surface area contributed by atoms with Crippen LogP contribution in [0, 0.1) is 11.8 Å². The molecule has 0 radical (unpaired) electrons. The summed E-state index contributed by atoms with van der Waals surface area (Å²) in [5, 5.41) is 2.84. The third kappa shape index (κ3) is 5.26. The van der Waals surface area contributed by atoms with Crippen molar-refractivity contribution in [3.05, 3.63) is 29.1 Å². The van der Waals surface area contributed by atoms with Gasteiger partial charge in [0.05, 0.1) is 11.3 Å². The number of thiophene rings is 1. The highest BCUT2D eigenvalue weighted by Crippen LogP contribution is 2.38. The molecular weight excluding hydrogens is 385 g/mol. The van der Waals surface area contributed by atoms with Gasteiger partial charge in [-0.05, 0) is 18.1 Å². The molecule has 2 heterocycles. The molecule has 1 unspecified atom stereocenters. The smallest absolute Gasteiger partial charge is 0.368 e. The summed E-state index contributed by atoms with van der Waals surface area (Å²) in [5.74, 6) is 0.374. The van der Waals surface area contributed by atoms with E-state index in [2.05, 4.69) is 16.7 Å². The Morgan fingerprint density at radius 3 is 2.36 bits per heavy atom. The Morgan fingerprint density at radius 1 is 1.14 bits per heavy atom. The quantitative estimate of drug-likeness (QED) is 0.600. The second-order valence-electron chi connectivity index (χ2n) is 7.09. The van der Waals surface area contributed by atoms with E-state index in [1.807, 2.05) is 26.2 Å². The summed E-state index contributed by atoms with van der Waals surface area (Å²) in [5.41, 5.74) is 0.425. The largest absolute Gasteiger partial charge is 0.416 e. The molecule has 1 saturated heterocycles. The Morgan fingerprint density at radius 2 is 1.79 bits per heavy atom. The molecule has 3 rings (SSSR count). The van der Waals surface area contributed by atoms with Gasteiger partial charge in [0.15, 0.2) is 0 Å². The molecule has 0 saturated carbocycles. The van der Waals surface area contributed by atoms with Crippen LogP contribution in [-0.2, 0) is 11.0 Å². The van der Waals surface area contributed by atoms with Gasteiger partial charge in [-0.25, -0.2) is 0 Å². The van der Waals surface area contributed by atoms with Crippen LogP contribution in [0.5, 0.6) is 0 Å². The van der Waals surface area contributed by atoms with E-state index in [4.69, 9.17) is 0 Å². The second kappa shape index (κ2) is 9.74. The zero-order valence-electron chi connectivity index (χ0n) is 16.9. The number of alkyl halides is 3. The molecule has 1 aliphatic heterocycles. The number of carbonyl (C=O) groups is 1. The predicted molar refractivity (Wildman–Crippen MR) is 111 cm³/mol. The molecule has 1 aromatic carbocycles. The van der Waals surface area contributed by atoms with Crippen molar-refractivity contribution >= 4 is 33.4 Å². The Bertz CT molecular complexity index is 767. The monoisotopic (exact) mass is 414 g/mol. The molecule has 2 aromatic rings. The normalized spacial score (nSPS) is 17.8. The summed E-state index contributed by atoms with van der Waals surface area (Å²) in [6, 6.07) is 3.99. The van der Waals surface area contributed by atoms with Crippen LogP contribution in [0.1, 0.15) is 33.3 Å². The molecule has 0 N–H and O–H groups in total. The third-order valence-electron chi connectivity index (χ3n) is 5.25. The average Bonchev–Trinajstić information content (AvgIpc) is 3.12. The van der Waals surface area contributed by atoms with Crippen molar-refractivity contribution in [3.63, 3.8) is 0 Å². The molecule has 1 fully saturated rings. The Labute approximate surface area is 169 Å². The standard InChI is InChI=1S/C19H23F3N2OS.C2H6/c1-13(14(2)11-25)10-23-5-7-24(8-6-23)17-12-26-18-9-15(19(20,21)22)3-4-16(17)18;1-2/h3-4,9,11-14H,5-8,10H2,1-2H3;1-2H3/t13-,14?;/m0./s1. The molecule has 0 spiro atoms. The van der Waals surface area contributed by atoms with Crippen LogP contribution in [0.3, 0.4) is 0 Å². The van der Waals surface area contributed by atoms with Gasteiger partial charge in [0, 0.05) is 54.1 Å². The van der Waals surface area contributed by atoms with Gasteiger partial charge in [-0.1, -0.05) is 33.8 Å². The first-order valence-corrected chi connectivity index (χ1v) is 10.7. The zero-order chi connectivity index (χ0) is 20.9. The lowest BCUT2D eigenvalue weighted by molar-refractivity contribution is -0.137. The molecule has 3 nitrogen and oxygen atoms in total. The lowest BCUT2D eigenvalue weighted by atomic mass is 9.97. The van der Waals surface area contributed by atoms with Crippen molar-refractivity contribution in [1.82, 2.24) is 4.90 Å². The Balaban J connectivity index is 0.00000136. The van der Waals surface area contributed by atoms with Crippen molar-refractivity contribution in [1.29, 1.82) is 0 Å². The number of rotatable bonds is 5. The van der Waals surface area contributed by atoms with Crippen LogP contribution in [-0.4, -0.2) is 43.9 Å². The third-order valence-corrected chi connectivity index (χ3v) is 6.19. The zero-order valence-corrected chi connectivity index (χ0v) is 17.7. The van der Waals surface area contributed by atoms with Crippen LogP contribution in [0.15, 0.2) is 23.6 Å². The molecule has 1 aliphatic rings. The maximum absolute atomic E-state index is 12.9. The van der Waals surface area contributed by atoms with Gasteiger partial charge in [-0.2, -0.15) is 13.2 Å². The maximum Gasteiger partial charge on any atom is 0.416 e. The highest BCUT2D eigenvalue weighted by molar-refractivity contribution is 7.17. The number of hydrogen-bond donors (Lipinski definition) is 0.